The summed E-state index contributed by atoms with van der Waals surface area (Å²) in [5.41, 5.74) is 8.12. The summed E-state index contributed by atoms with van der Waals surface area (Å²) >= 11 is 4.62. The molecule has 0 atom stereocenters. The molecule has 126 valence electrons. The Morgan fingerprint density at radius 3 is 2.67 bits per heavy atom. The van der Waals surface area contributed by atoms with E-state index in [1.165, 1.54) is 12.3 Å². The number of nitrogens with two attached hydrogens (primary N) is 1. The summed E-state index contributed by atoms with van der Waals surface area (Å²) in [4.78, 5) is 0. The number of thiocarbonyl (C=S) groups is 1. The Morgan fingerprint density at radius 2 is 1.96 bits per heavy atom. The second kappa shape index (κ2) is 7.78. The molecule has 2 aromatic rings. The zero-order valence-electron chi connectivity index (χ0n) is 12.4. The molecule has 0 aliphatic carbocycles. The molecule has 0 aromatic heterocycles. The van der Waals surface area contributed by atoms with Gasteiger partial charge < -0.3 is 10.5 Å². The van der Waals surface area contributed by atoms with Crippen molar-refractivity contribution in [2.45, 2.75) is 12.8 Å². The number of hydrogen-bond acceptors (Lipinski definition) is 3. The van der Waals surface area contributed by atoms with Crippen LogP contribution in [0.2, 0.25) is 0 Å². The van der Waals surface area contributed by atoms with Crippen molar-refractivity contribution in [3.8, 4) is 5.75 Å². The number of nitrogens with zero attached hydrogens (tertiary/aromatic N) is 1. The van der Waals surface area contributed by atoms with Crippen LogP contribution < -0.4 is 15.9 Å². The first-order valence-corrected chi connectivity index (χ1v) is 7.23. The van der Waals surface area contributed by atoms with Crippen LogP contribution in [0.5, 0.6) is 5.75 Å². The molecule has 0 fully saturated rings. The third-order valence-electron chi connectivity index (χ3n) is 2.91. The van der Waals surface area contributed by atoms with Crippen LogP contribution in [0, 0.1) is 0 Å². The third-order valence-corrected chi connectivity index (χ3v) is 3.00. The zero-order chi connectivity index (χ0) is 17.6. The predicted octanol–water partition coefficient (Wildman–Crippen LogP) is 3.45. The molecule has 4 nitrogen and oxygen atoms in total. The van der Waals surface area contributed by atoms with E-state index in [0.29, 0.717) is 11.3 Å². The number of hydrogen-bond donors (Lipinski definition) is 2. The molecule has 0 saturated carbocycles. The quantitative estimate of drug-likeness (QED) is 0.491. The Hall–Kier alpha value is -2.61. The molecule has 2 rings (SSSR count). The van der Waals surface area contributed by atoms with Crippen LogP contribution in [0.4, 0.5) is 13.2 Å². The van der Waals surface area contributed by atoms with Crippen molar-refractivity contribution >= 4 is 23.5 Å². The number of rotatable bonds is 5. The Kier molecular flexibility index (Phi) is 5.75. The van der Waals surface area contributed by atoms with Gasteiger partial charge in [0, 0.05) is 0 Å². The first-order chi connectivity index (χ1) is 11.3. The monoisotopic (exact) mass is 353 g/mol. The van der Waals surface area contributed by atoms with Gasteiger partial charge in [-0.1, -0.05) is 24.3 Å². The first kappa shape index (κ1) is 17.7. The second-order valence-electron chi connectivity index (χ2n) is 4.79. The van der Waals surface area contributed by atoms with Gasteiger partial charge in [-0.05, 0) is 47.6 Å². The number of ether oxygens (including phenoxy) is 1. The van der Waals surface area contributed by atoms with Crippen molar-refractivity contribution in [1.82, 2.24) is 5.43 Å². The minimum absolute atomic E-state index is 0.0235. The average molecular weight is 353 g/mol. The molecule has 0 radical (unpaired) electrons. The Morgan fingerprint density at radius 1 is 1.21 bits per heavy atom. The molecule has 0 spiro atoms. The predicted molar refractivity (Wildman–Crippen MR) is 89.7 cm³/mol. The van der Waals surface area contributed by atoms with Crippen LogP contribution in [0.1, 0.15) is 16.7 Å². The number of benzene rings is 2. The fourth-order valence-electron chi connectivity index (χ4n) is 1.86. The summed E-state index contributed by atoms with van der Waals surface area (Å²) in [6.45, 7) is 0.0235. The van der Waals surface area contributed by atoms with Crippen LogP contribution in [0.15, 0.2) is 53.6 Å². The van der Waals surface area contributed by atoms with Gasteiger partial charge in [0.15, 0.2) is 5.11 Å². The minimum Gasteiger partial charge on any atom is -0.489 e. The molecule has 0 heterocycles. The van der Waals surface area contributed by atoms with Crippen molar-refractivity contribution in [3.63, 3.8) is 0 Å². The van der Waals surface area contributed by atoms with Crippen LogP contribution >= 0.6 is 12.2 Å². The lowest BCUT2D eigenvalue weighted by molar-refractivity contribution is -0.137. The normalized spacial score (nSPS) is 11.5. The number of nitrogens with one attached hydrogen (secondary N) is 1. The molecule has 24 heavy (non-hydrogen) atoms. The molecule has 0 saturated heterocycles. The number of alkyl halides is 3. The number of hydrazone groups is 1. The van der Waals surface area contributed by atoms with Gasteiger partial charge in [-0.3, -0.25) is 5.43 Å². The standard InChI is InChI=1S/C16H14F3N3OS/c17-16(18,19)13-5-1-4-12(7-13)10-23-14-6-2-3-11(8-14)9-21-22-15(20)24/h1-9H,10H2,(H3,20,22,24). The van der Waals surface area contributed by atoms with Gasteiger partial charge in [-0.2, -0.15) is 18.3 Å². The summed E-state index contributed by atoms with van der Waals surface area (Å²) in [7, 11) is 0. The van der Waals surface area contributed by atoms with Crippen LogP contribution in [0.3, 0.4) is 0 Å². The minimum atomic E-state index is -4.37. The van der Waals surface area contributed by atoms with Crippen LogP contribution in [-0.2, 0) is 12.8 Å². The van der Waals surface area contributed by atoms with Crippen molar-refractivity contribution in [2.75, 3.05) is 0 Å². The highest BCUT2D eigenvalue weighted by molar-refractivity contribution is 7.80. The van der Waals surface area contributed by atoms with Gasteiger partial charge in [0.25, 0.3) is 0 Å². The highest BCUT2D eigenvalue weighted by atomic mass is 32.1. The highest BCUT2D eigenvalue weighted by Crippen LogP contribution is 2.29. The van der Waals surface area contributed by atoms with Gasteiger partial charge in [0.05, 0.1) is 11.8 Å². The Bertz CT molecular complexity index is 747. The van der Waals surface area contributed by atoms with Crippen molar-refractivity contribution in [3.05, 3.63) is 65.2 Å². The maximum atomic E-state index is 12.7. The molecule has 8 heteroatoms. The molecular formula is C16H14F3N3OS. The molecule has 0 unspecified atom stereocenters. The van der Waals surface area contributed by atoms with E-state index in [4.69, 9.17) is 10.5 Å². The van der Waals surface area contributed by atoms with E-state index in [-0.39, 0.29) is 11.7 Å². The summed E-state index contributed by atoms with van der Waals surface area (Å²) in [6.07, 6.45) is -2.88. The van der Waals surface area contributed by atoms with E-state index in [1.807, 2.05) is 0 Å². The lowest BCUT2D eigenvalue weighted by Crippen LogP contribution is -2.23. The fraction of sp³-hybridized carbons (Fsp3) is 0.125. The van der Waals surface area contributed by atoms with Crippen molar-refractivity contribution < 1.29 is 17.9 Å². The second-order valence-corrected chi connectivity index (χ2v) is 5.23. The van der Waals surface area contributed by atoms with Gasteiger partial charge >= 0.3 is 6.18 Å². The summed E-state index contributed by atoms with van der Waals surface area (Å²) < 4.78 is 43.6. The molecule has 0 bridgehead atoms. The third kappa shape index (κ3) is 5.54. The average Bonchev–Trinajstić information content (AvgIpc) is 2.52. The molecule has 0 aliphatic rings. The first-order valence-electron chi connectivity index (χ1n) is 6.82. The van der Waals surface area contributed by atoms with Crippen molar-refractivity contribution in [1.29, 1.82) is 0 Å². The van der Waals surface area contributed by atoms with E-state index < -0.39 is 11.7 Å². The van der Waals surface area contributed by atoms with E-state index in [0.717, 1.165) is 17.7 Å². The van der Waals surface area contributed by atoms with Gasteiger partial charge in [-0.25, -0.2) is 0 Å². The van der Waals surface area contributed by atoms with Gasteiger partial charge in [0.2, 0.25) is 0 Å². The maximum absolute atomic E-state index is 12.7. The van der Waals surface area contributed by atoms with E-state index in [2.05, 4.69) is 22.7 Å². The molecule has 0 amide bonds. The maximum Gasteiger partial charge on any atom is 0.416 e. The van der Waals surface area contributed by atoms with Gasteiger partial charge in [0.1, 0.15) is 12.4 Å². The smallest absolute Gasteiger partial charge is 0.416 e. The largest absolute Gasteiger partial charge is 0.489 e. The lowest BCUT2D eigenvalue weighted by atomic mass is 10.1. The highest BCUT2D eigenvalue weighted by Gasteiger charge is 2.30. The number of halogens is 3. The molecule has 3 N–H and O–H groups in total. The van der Waals surface area contributed by atoms with Crippen LogP contribution in [0.25, 0.3) is 0 Å². The zero-order valence-corrected chi connectivity index (χ0v) is 13.2. The van der Waals surface area contributed by atoms with E-state index in [9.17, 15) is 13.2 Å². The molecule has 0 aliphatic heterocycles. The SMILES string of the molecule is NC(=S)NN=Cc1cccc(OCc2cccc(C(F)(F)F)c2)c1. The summed E-state index contributed by atoms with van der Waals surface area (Å²) in [6, 6.07) is 11.9. The lowest BCUT2D eigenvalue weighted by Gasteiger charge is -2.10. The summed E-state index contributed by atoms with van der Waals surface area (Å²) in [5, 5.41) is 3.86. The van der Waals surface area contributed by atoms with Crippen LogP contribution in [-0.4, -0.2) is 11.3 Å². The Balaban J connectivity index is 2.02. The van der Waals surface area contributed by atoms with Gasteiger partial charge in [-0.15, -0.1) is 0 Å². The Labute approximate surface area is 142 Å². The molecular weight excluding hydrogens is 339 g/mol. The summed E-state index contributed by atoms with van der Waals surface area (Å²) in [5.74, 6) is 0.506. The topological polar surface area (TPSA) is 59.6 Å². The van der Waals surface area contributed by atoms with Crippen molar-refractivity contribution in [2.24, 2.45) is 10.8 Å². The van der Waals surface area contributed by atoms with E-state index in [1.54, 1.807) is 30.3 Å². The van der Waals surface area contributed by atoms with E-state index >= 15 is 0 Å². The molecule has 2 aromatic carbocycles. The fourth-order valence-corrected chi connectivity index (χ4v) is 1.91.